The van der Waals surface area contributed by atoms with Gasteiger partial charge in [-0.3, -0.25) is 9.59 Å². The lowest BCUT2D eigenvalue weighted by molar-refractivity contribution is -0.143. The third-order valence-electron chi connectivity index (χ3n) is 3.26. The van der Waals surface area contributed by atoms with Gasteiger partial charge in [-0.05, 0) is 36.4 Å². The minimum atomic E-state index is -0.583. The number of ether oxygens (including phenoxy) is 3. The van der Waals surface area contributed by atoms with E-state index in [1.165, 1.54) is 7.11 Å². The Morgan fingerprint density at radius 3 is 2.27 bits per heavy atom. The number of hydrogen-bond acceptors (Lipinski definition) is 5. The fourth-order valence-electron chi connectivity index (χ4n) is 1.97. The Labute approximate surface area is 160 Å². The standard InChI is InChI=1S/C18H17Cl2NO5/c1-24-13-7-5-12(6-8-13)18(23)21-11-16(22)25-9-10-26-17-14(19)3-2-4-15(17)20/h2-8H,9-11H2,1H3,(H,21,23). The second kappa shape index (κ2) is 9.89. The van der Waals surface area contributed by atoms with Crippen LogP contribution in [-0.4, -0.2) is 38.7 Å². The van der Waals surface area contributed by atoms with Crippen LogP contribution in [0, 0.1) is 0 Å². The van der Waals surface area contributed by atoms with Crippen molar-refractivity contribution in [3.63, 3.8) is 0 Å². The van der Waals surface area contributed by atoms with Crippen LogP contribution in [0.3, 0.4) is 0 Å². The first-order chi connectivity index (χ1) is 12.5. The number of esters is 1. The summed E-state index contributed by atoms with van der Waals surface area (Å²) in [7, 11) is 1.54. The average Bonchev–Trinajstić information content (AvgIpc) is 2.65. The third kappa shape index (κ3) is 5.82. The van der Waals surface area contributed by atoms with E-state index in [9.17, 15) is 9.59 Å². The van der Waals surface area contributed by atoms with Gasteiger partial charge in [0.05, 0.1) is 17.2 Å². The highest BCUT2D eigenvalue weighted by Gasteiger charge is 2.10. The molecule has 0 bridgehead atoms. The number of amides is 1. The molecule has 0 atom stereocenters. The Bertz CT molecular complexity index is 744. The second-order valence-corrected chi connectivity index (χ2v) is 5.85. The molecule has 0 aliphatic carbocycles. The number of hydrogen-bond donors (Lipinski definition) is 1. The SMILES string of the molecule is COc1ccc(C(=O)NCC(=O)OCCOc2c(Cl)cccc2Cl)cc1. The zero-order valence-corrected chi connectivity index (χ0v) is 15.5. The molecule has 0 saturated heterocycles. The number of rotatable bonds is 8. The van der Waals surface area contributed by atoms with Gasteiger partial charge in [-0.1, -0.05) is 29.3 Å². The van der Waals surface area contributed by atoms with Gasteiger partial charge in [0.2, 0.25) is 0 Å². The first-order valence-corrected chi connectivity index (χ1v) is 8.41. The number of benzene rings is 2. The number of carbonyl (C=O) groups is 2. The first kappa shape index (κ1) is 19.9. The molecule has 0 radical (unpaired) electrons. The number of para-hydroxylation sites is 1. The van der Waals surface area contributed by atoms with Crippen molar-refractivity contribution in [1.29, 1.82) is 0 Å². The summed E-state index contributed by atoms with van der Waals surface area (Å²) >= 11 is 11.9. The molecular weight excluding hydrogens is 381 g/mol. The largest absolute Gasteiger partial charge is 0.497 e. The summed E-state index contributed by atoms with van der Waals surface area (Å²) in [6.45, 7) is -0.169. The number of halogens is 2. The Morgan fingerprint density at radius 2 is 1.65 bits per heavy atom. The predicted molar refractivity (Wildman–Crippen MR) is 98.2 cm³/mol. The molecule has 0 unspecified atom stereocenters. The van der Waals surface area contributed by atoms with E-state index < -0.39 is 5.97 Å². The molecule has 2 rings (SSSR count). The summed E-state index contributed by atoms with van der Waals surface area (Å²) in [4.78, 5) is 23.6. The fraction of sp³-hybridized carbons (Fsp3) is 0.222. The van der Waals surface area contributed by atoms with E-state index in [0.717, 1.165) is 0 Å². The zero-order valence-electron chi connectivity index (χ0n) is 14.0. The van der Waals surface area contributed by atoms with Crippen molar-refractivity contribution in [2.45, 2.75) is 0 Å². The van der Waals surface area contributed by atoms with E-state index in [2.05, 4.69) is 5.32 Å². The van der Waals surface area contributed by atoms with E-state index in [1.54, 1.807) is 42.5 Å². The fourth-order valence-corrected chi connectivity index (χ4v) is 2.47. The molecule has 6 nitrogen and oxygen atoms in total. The summed E-state index contributed by atoms with van der Waals surface area (Å²) in [5, 5.41) is 3.22. The monoisotopic (exact) mass is 397 g/mol. The number of carbonyl (C=O) groups excluding carboxylic acids is 2. The molecular formula is C18H17Cl2NO5. The molecule has 0 aliphatic rings. The molecule has 1 amide bonds. The highest BCUT2D eigenvalue weighted by molar-refractivity contribution is 6.37. The normalized spacial score (nSPS) is 10.1. The van der Waals surface area contributed by atoms with Crippen LogP contribution in [0.15, 0.2) is 42.5 Å². The molecule has 0 saturated carbocycles. The van der Waals surface area contributed by atoms with Gasteiger partial charge in [-0.25, -0.2) is 0 Å². The van der Waals surface area contributed by atoms with Gasteiger partial charge in [0.15, 0.2) is 5.75 Å². The quantitative estimate of drug-likeness (QED) is 0.545. The van der Waals surface area contributed by atoms with Crippen molar-refractivity contribution >= 4 is 35.1 Å². The second-order valence-electron chi connectivity index (χ2n) is 5.03. The van der Waals surface area contributed by atoms with Gasteiger partial charge >= 0.3 is 5.97 Å². The Hall–Kier alpha value is -2.44. The molecule has 0 aromatic heterocycles. The lowest BCUT2D eigenvalue weighted by Crippen LogP contribution is -2.31. The van der Waals surface area contributed by atoms with E-state index in [1.807, 2.05) is 0 Å². The number of methoxy groups -OCH3 is 1. The molecule has 138 valence electrons. The maximum atomic E-state index is 11.9. The lowest BCUT2D eigenvalue weighted by Gasteiger charge is -2.10. The van der Waals surface area contributed by atoms with Gasteiger partial charge in [0.1, 0.15) is 25.5 Å². The van der Waals surface area contributed by atoms with Crippen molar-refractivity contribution in [3.8, 4) is 11.5 Å². The molecule has 2 aromatic rings. The summed E-state index contributed by atoms with van der Waals surface area (Å²) in [5.41, 5.74) is 0.412. The summed E-state index contributed by atoms with van der Waals surface area (Å²) < 4.78 is 15.4. The van der Waals surface area contributed by atoms with Crippen LogP contribution in [0.25, 0.3) is 0 Å². The van der Waals surface area contributed by atoms with Crippen LogP contribution in [-0.2, 0) is 9.53 Å². The first-order valence-electron chi connectivity index (χ1n) is 7.66. The molecule has 0 spiro atoms. The van der Waals surface area contributed by atoms with Gasteiger partial charge in [-0.15, -0.1) is 0 Å². The predicted octanol–water partition coefficient (Wildman–Crippen LogP) is 3.35. The highest BCUT2D eigenvalue weighted by Crippen LogP contribution is 2.32. The van der Waals surface area contributed by atoms with Crippen LogP contribution >= 0.6 is 23.2 Å². The van der Waals surface area contributed by atoms with Crippen molar-refractivity contribution in [2.75, 3.05) is 26.9 Å². The van der Waals surface area contributed by atoms with Crippen molar-refractivity contribution in [3.05, 3.63) is 58.1 Å². The molecule has 1 N–H and O–H groups in total. The van der Waals surface area contributed by atoms with E-state index >= 15 is 0 Å². The highest BCUT2D eigenvalue weighted by atomic mass is 35.5. The van der Waals surface area contributed by atoms with Crippen molar-refractivity contribution < 1.29 is 23.8 Å². The van der Waals surface area contributed by atoms with Crippen LogP contribution in [0.5, 0.6) is 11.5 Å². The maximum Gasteiger partial charge on any atom is 0.325 e. The zero-order chi connectivity index (χ0) is 18.9. The van der Waals surface area contributed by atoms with E-state index in [4.69, 9.17) is 37.4 Å². The minimum Gasteiger partial charge on any atom is -0.497 e. The molecule has 0 fully saturated rings. The van der Waals surface area contributed by atoms with Crippen LogP contribution in [0.4, 0.5) is 0 Å². The number of nitrogens with one attached hydrogen (secondary N) is 1. The van der Waals surface area contributed by atoms with Gasteiger partial charge < -0.3 is 19.5 Å². The summed E-state index contributed by atoms with van der Waals surface area (Å²) in [5.74, 6) is 0.00342. The third-order valence-corrected chi connectivity index (χ3v) is 3.85. The van der Waals surface area contributed by atoms with Gasteiger partial charge in [0, 0.05) is 5.56 Å². The smallest absolute Gasteiger partial charge is 0.325 e. The topological polar surface area (TPSA) is 73.9 Å². The molecule has 0 heterocycles. The van der Waals surface area contributed by atoms with Gasteiger partial charge in [-0.2, -0.15) is 0 Å². The molecule has 0 aliphatic heterocycles. The van der Waals surface area contributed by atoms with E-state index in [0.29, 0.717) is 27.1 Å². The minimum absolute atomic E-state index is 0.00120. The lowest BCUT2D eigenvalue weighted by atomic mass is 10.2. The average molecular weight is 398 g/mol. The van der Waals surface area contributed by atoms with Crippen LogP contribution < -0.4 is 14.8 Å². The molecule has 26 heavy (non-hydrogen) atoms. The van der Waals surface area contributed by atoms with E-state index in [-0.39, 0.29) is 25.7 Å². The maximum absolute atomic E-state index is 11.9. The molecule has 8 heteroatoms. The Balaban J connectivity index is 1.69. The molecule has 2 aromatic carbocycles. The van der Waals surface area contributed by atoms with Crippen LogP contribution in [0.2, 0.25) is 10.0 Å². The summed E-state index contributed by atoms with van der Waals surface area (Å²) in [6.07, 6.45) is 0. The summed E-state index contributed by atoms with van der Waals surface area (Å²) in [6, 6.07) is 11.5. The van der Waals surface area contributed by atoms with Crippen molar-refractivity contribution in [1.82, 2.24) is 5.32 Å². The van der Waals surface area contributed by atoms with Gasteiger partial charge in [0.25, 0.3) is 5.91 Å². The van der Waals surface area contributed by atoms with Crippen LogP contribution in [0.1, 0.15) is 10.4 Å². The Morgan fingerprint density at radius 1 is 1.00 bits per heavy atom. The Kier molecular flexibility index (Phi) is 7.56. The van der Waals surface area contributed by atoms with Crippen molar-refractivity contribution in [2.24, 2.45) is 0 Å².